The van der Waals surface area contributed by atoms with Gasteiger partial charge in [0, 0.05) is 0 Å². The molecule has 2 radical (unpaired) electrons. The standard InChI is InChI=1S/C4H4BN3O/c5-3-1-4(6-2-9)8-7-3/h1-2H,(H2,6,7,8,9). The second kappa shape index (κ2) is 2.34. The van der Waals surface area contributed by atoms with Crippen molar-refractivity contribution in [2.45, 2.75) is 0 Å². The van der Waals surface area contributed by atoms with E-state index in [1.807, 2.05) is 0 Å². The number of carbonyl (C=O) groups is 1. The van der Waals surface area contributed by atoms with E-state index in [0.29, 0.717) is 17.8 Å². The topological polar surface area (TPSA) is 57.8 Å². The fraction of sp³-hybridized carbons (Fsp3) is 0. The van der Waals surface area contributed by atoms with Crippen molar-refractivity contribution in [3.63, 3.8) is 0 Å². The molecular weight excluding hydrogens is 117 g/mol. The zero-order valence-electron chi connectivity index (χ0n) is 4.59. The summed E-state index contributed by atoms with van der Waals surface area (Å²) in [5, 5.41) is 8.40. The van der Waals surface area contributed by atoms with Crippen molar-refractivity contribution < 1.29 is 4.79 Å². The number of rotatable bonds is 2. The molecule has 0 aliphatic heterocycles. The number of nitrogens with zero attached hydrogens (tertiary/aromatic N) is 1. The predicted molar refractivity (Wildman–Crippen MR) is 33.7 cm³/mol. The van der Waals surface area contributed by atoms with E-state index in [2.05, 4.69) is 15.5 Å². The van der Waals surface area contributed by atoms with Crippen LogP contribution in [0.3, 0.4) is 0 Å². The van der Waals surface area contributed by atoms with Gasteiger partial charge in [0.05, 0.1) is 0 Å². The van der Waals surface area contributed by atoms with Gasteiger partial charge in [0.1, 0.15) is 7.85 Å². The van der Waals surface area contributed by atoms with Crippen LogP contribution >= 0.6 is 0 Å². The van der Waals surface area contributed by atoms with Crippen molar-refractivity contribution in [2.24, 2.45) is 0 Å². The van der Waals surface area contributed by atoms with Crippen molar-refractivity contribution in [3.05, 3.63) is 6.07 Å². The van der Waals surface area contributed by atoms with Gasteiger partial charge in [-0.25, -0.2) is 0 Å². The van der Waals surface area contributed by atoms with Crippen LogP contribution in [-0.2, 0) is 4.79 Å². The van der Waals surface area contributed by atoms with Gasteiger partial charge >= 0.3 is 0 Å². The lowest BCUT2D eigenvalue weighted by Gasteiger charge is -1.83. The van der Waals surface area contributed by atoms with Crippen LogP contribution in [0.4, 0.5) is 5.82 Å². The predicted octanol–water partition coefficient (Wildman–Crippen LogP) is -1.23. The first-order valence-electron chi connectivity index (χ1n) is 2.34. The van der Waals surface area contributed by atoms with Gasteiger partial charge in [-0.2, -0.15) is 5.10 Å². The molecule has 0 saturated carbocycles. The smallest absolute Gasteiger partial charge is 0.212 e. The second-order valence-corrected chi connectivity index (χ2v) is 1.47. The molecule has 0 saturated heterocycles. The molecule has 0 aromatic carbocycles. The van der Waals surface area contributed by atoms with E-state index in [1.165, 1.54) is 6.07 Å². The lowest BCUT2D eigenvalue weighted by atomic mass is 10.1. The van der Waals surface area contributed by atoms with Crippen molar-refractivity contribution in [2.75, 3.05) is 5.32 Å². The molecule has 5 heteroatoms. The summed E-state index contributed by atoms with van der Waals surface area (Å²) < 4.78 is 0. The number of aromatic amines is 1. The second-order valence-electron chi connectivity index (χ2n) is 1.47. The summed E-state index contributed by atoms with van der Waals surface area (Å²) in [6, 6.07) is 1.52. The molecule has 1 rings (SSSR count). The van der Waals surface area contributed by atoms with E-state index in [-0.39, 0.29) is 0 Å². The number of amides is 1. The van der Waals surface area contributed by atoms with Gasteiger partial charge in [-0.05, 0) is 11.7 Å². The molecule has 1 aromatic rings. The molecule has 0 atom stereocenters. The Morgan fingerprint density at radius 1 is 1.89 bits per heavy atom. The maximum atomic E-state index is 9.78. The maximum absolute atomic E-state index is 9.78. The van der Waals surface area contributed by atoms with Crippen LogP contribution in [0.1, 0.15) is 0 Å². The third-order valence-electron chi connectivity index (χ3n) is 0.804. The molecular formula is C4H4BN3O. The first kappa shape index (κ1) is 5.87. The zero-order valence-corrected chi connectivity index (χ0v) is 4.59. The van der Waals surface area contributed by atoms with Gasteiger partial charge in [0.2, 0.25) is 6.41 Å². The molecule has 1 heterocycles. The van der Waals surface area contributed by atoms with E-state index in [1.54, 1.807) is 0 Å². The Labute approximate surface area is 53.1 Å². The largest absolute Gasteiger partial charge is 0.312 e. The average Bonchev–Trinajstić information content (AvgIpc) is 2.17. The third-order valence-corrected chi connectivity index (χ3v) is 0.804. The van der Waals surface area contributed by atoms with Gasteiger partial charge in [0.25, 0.3) is 0 Å². The first-order valence-corrected chi connectivity index (χ1v) is 2.34. The summed E-state index contributed by atoms with van der Waals surface area (Å²) in [7, 11) is 5.23. The van der Waals surface area contributed by atoms with Crippen molar-refractivity contribution >= 4 is 25.7 Å². The van der Waals surface area contributed by atoms with E-state index in [4.69, 9.17) is 7.85 Å². The number of H-pyrrole nitrogens is 1. The number of carbonyl (C=O) groups excluding carboxylic acids is 1. The van der Waals surface area contributed by atoms with Crippen LogP contribution in [-0.4, -0.2) is 24.5 Å². The van der Waals surface area contributed by atoms with E-state index in [0.717, 1.165) is 0 Å². The Kier molecular flexibility index (Phi) is 1.53. The minimum Gasteiger partial charge on any atom is -0.312 e. The van der Waals surface area contributed by atoms with Crippen LogP contribution in [0.15, 0.2) is 6.07 Å². The third kappa shape index (κ3) is 1.32. The maximum Gasteiger partial charge on any atom is 0.212 e. The highest BCUT2D eigenvalue weighted by Crippen LogP contribution is 1.91. The molecule has 1 amide bonds. The molecule has 0 spiro atoms. The van der Waals surface area contributed by atoms with E-state index in [9.17, 15) is 4.79 Å². The lowest BCUT2D eigenvalue weighted by Crippen LogP contribution is -2.00. The number of anilines is 1. The Balaban J connectivity index is 2.72. The Morgan fingerprint density at radius 2 is 2.67 bits per heavy atom. The fourth-order valence-electron chi connectivity index (χ4n) is 0.471. The van der Waals surface area contributed by atoms with Gasteiger partial charge in [-0.3, -0.25) is 9.89 Å². The average molecular weight is 121 g/mol. The normalized spacial score (nSPS) is 8.89. The number of aromatic nitrogens is 2. The molecule has 9 heavy (non-hydrogen) atoms. The van der Waals surface area contributed by atoms with Crippen LogP contribution in [0.25, 0.3) is 0 Å². The van der Waals surface area contributed by atoms with Crippen LogP contribution in [0.5, 0.6) is 0 Å². The summed E-state index contributed by atoms with van der Waals surface area (Å²) in [6.45, 7) is 0. The number of hydrogen-bond donors (Lipinski definition) is 2. The summed E-state index contributed by atoms with van der Waals surface area (Å²) in [5.41, 5.74) is 0.430. The van der Waals surface area contributed by atoms with Crippen molar-refractivity contribution in [1.29, 1.82) is 0 Å². The van der Waals surface area contributed by atoms with Crippen LogP contribution < -0.4 is 10.9 Å². The van der Waals surface area contributed by atoms with Crippen molar-refractivity contribution in [1.82, 2.24) is 10.2 Å². The fourth-order valence-corrected chi connectivity index (χ4v) is 0.471. The van der Waals surface area contributed by atoms with Crippen LogP contribution in [0, 0.1) is 0 Å². The van der Waals surface area contributed by atoms with E-state index < -0.39 is 0 Å². The molecule has 0 aliphatic carbocycles. The molecule has 0 unspecified atom stereocenters. The Hall–Kier alpha value is -1.26. The summed E-state index contributed by atoms with van der Waals surface area (Å²) in [4.78, 5) is 9.78. The zero-order chi connectivity index (χ0) is 6.69. The van der Waals surface area contributed by atoms with Crippen LogP contribution in [0.2, 0.25) is 0 Å². The minimum atomic E-state index is 0.430. The first-order chi connectivity index (χ1) is 4.33. The Bertz CT molecular complexity index is 209. The summed E-state index contributed by atoms with van der Waals surface area (Å²) in [6.07, 6.45) is 0.537. The Morgan fingerprint density at radius 3 is 3.11 bits per heavy atom. The lowest BCUT2D eigenvalue weighted by molar-refractivity contribution is -0.105. The van der Waals surface area contributed by atoms with Crippen molar-refractivity contribution in [3.8, 4) is 0 Å². The van der Waals surface area contributed by atoms with Gasteiger partial charge < -0.3 is 5.32 Å². The molecule has 44 valence electrons. The molecule has 0 bridgehead atoms. The quantitative estimate of drug-likeness (QED) is 0.380. The van der Waals surface area contributed by atoms with E-state index >= 15 is 0 Å². The minimum absolute atomic E-state index is 0.430. The number of hydrogen-bond acceptors (Lipinski definition) is 2. The highest BCUT2D eigenvalue weighted by molar-refractivity contribution is 6.30. The monoisotopic (exact) mass is 121 g/mol. The molecule has 1 aromatic heterocycles. The summed E-state index contributed by atoms with van der Waals surface area (Å²) in [5.74, 6) is 0.433. The molecule has 0 aliphatic rings. The summed E-state index contributed by atoms with van der Waals surface area (Å²) >= 11 is 0. The van der Waals surface area contributed by atoms with Gasteiger partial charge in [-0.1, -0.05) is 0 Å². The number of nitrogens with one attached hydrogen (secondary N) is 2. The molecule has 4 nitrogen and oxygen atoms in total. The SMILES string of the molecule is [B]c1cc(NC=O)n[nH]1. The highest BCUT2D eigenvalue weighted by Gasteiger charge is 1.91. The molecule has 0 fully saturated rings. The van der Waals surface area contributed by atoms with Gasteiger partial charge in [-0.15, -0.1) is 0 Å². The van der Waals surface area contributed by atoms with Gasteiger partial charge in [0.15, 0.2) is 5.82 Å². The molecule has 2 N–H and O–H groups in total. The highest BCUT2D eigenvalue weighted by atomic mass is 16.1.